The first-order chi connectivity index (χ1) is 10.7. The van der Waals surface area contributed by atoms with Crippen molar-refractivity contribution in [1.82, 2.24) is 10.2 Å². The van der Waals surface area contributed by atoms with Gasteiger partial charge in [0.05, 0.1) is 0 Å². The molecular formula is C17H24N2O4. The van der Waals surface area contributed by atoms with Crippen LogP contribution in [0.15, 0.2) is 24.3 Å². The van der Waals surface area contributed by atoms with Crippen LogP contribution in [0.1, 0.15) is 36.7 Å². The Morgan fingerprint density at radius 2 is 1.70 bits per heavy atom. The topological polar surface area (TPSA) is 86.7 Å². The Labute approximate surface area is 136 Å². The highest BCUT2D eigenvalue weighted by atomic mass is 16.4. The summed E-state index contributed by atoms with van der Waals surface area (Å²) in [5, 5.41) is 11.8. The van der Waals surface area contributed by atoms with Gasteiger partial charge in [-0.2, -0.15) is 0 Å². The standard InChI is InChI=1S/C17H24N2O4/c1-10(2)14(16(21)19(5)12(4)17(22)23)18-15(20)13-9-7-6-8-11(13)3/h6-10,12,14H,1-5H3,(H,18,20)(H,22,23). The number of carbonyl (C=O) groups is 3. The minimum absolute atomic E-state index is 0.168. The quantitative estimate of drug-likeness (QED) is 0.835. The molecule has 0 bridgehead atoms. The molecule has 6 heteroatoms. The molecule has 1 aromatic carbocycles. The highest BCUT2D eigenvalue weighted by Crippen LogP contribution is 2.12. The van der Waals surface area contributed by atoms with Gasteiger partial charge in [0.1, 0.15) is 12.1 Å². The summed E-state index contributed by atoms with van der Waals surface area (Å²) in [6.45, 7) is 6.86. The summed E-state index contributed by atoms with van der Waals surface area (Å²) < 4.78 is 0. The Bertz CT molecular complexity index is 598. The van der Waals surface area contributed by atoms with Gasteiger partial charge in [-0.25, -0.2) is 4.79 Å². The molecule has 2 N–H and O–H groups in total. The highest BCUT2D eigenvalue weighted by Gasteiger charge is 2.31. The van der Waals surface area contributed by atoms with E-state index in [9.17, 15) is 14.4 Å². The van der Waals surface area contributed by atoms with E-state index in [0.29, 0.717) is 5.56 Å². The molecule has 0 aliphatic rings. The second-order valence-electron chi connectivity index (χ2n) is 5.97. The number of hydrogen-bond acceptors (Lipinski definition) is 3. The zero-order chi connectivity index (χ0) is 17.7. The molecule has 0 saturated carbocycles. The van der Waals surface area contributed by atoms with Gasteiger partial charge < -0.3 is 15.3 Å². The van der Waals surface area contributed by atoms with E-state index < -0.39 is 24.0 Å². The van der Waals surface area contributed by atoms with Gasteiger partial charge in [0.2, 0.25) is 5.91 Å². The van der Waals surface area contributed by atoms with Crippen molar-refractivity contribution >= 4 is 17.8 Å². The lowest BCUT2D eigenvalue weighted by molar-refractivity contribution is -0.149. The van der Waals surface area contributed by atoms with E-state index in [-0.39, 0.29) is 11.8 Å². The molecule has 0 saturated heterocycles. The van der Waals surface area contributed by atoms with E-state index in [2.05, 4.69) is 5.32 Å². The van der Waals surface area contributed by atoms with E-state index in [1.165, 1.54) is 14.0 Å². The van der Waals surface area contributed by atoms with E-state index in [0.717, 1.165) is 10.5 Å². The average Bonchev–Trinajstić information content (AvgIpc) is 2.50. The summed E-state index contributed by atoms with van der Waals surface area (Å²) in [5.41, 5.74) is 1.31. The summed E-state index contributed by atoms with van der Waals surface area (Å²) in [6, 6.07) is 5.36. The molecule has 0 heterocycles. The number of nitrogens with one attached hydrogen (secondary N) is 1. The maximum Gasteiger partial charge on any atom is 0.326 e. The Balaban J connectivity index is 2.95. The summed E-state index contributed by atoms with van der Waals surface area (Å²) in [5.74, 6) is -2.02. The maximum absolute atomic E-state index is 12.5. The molecule has 2 atom stereocenters. The van der Waals surface area contributed by atoms with Crippen molar-refractivity contribution in [3.8, 4) is 0 Å². The summed E-state index contributed by atoms with van der Waals surface area (Å²) in [7, 11) is 1.43. The SMILES string of the molecule is Cc1ccccc1C(=O)NC(C(=O)N(C)C(C)C(=O)O)C(C)C. The fraction of sp³-hybridized carbons (Fsp3) is 0.471. The lowest BCUT2D eigenvalue weighted by atomic mass is 10.0. The van der Waals surface area contributed by atoms with Gasteiger partial charge >= 0.3 is 5.97 Å². The zero-order valence-corrected chi connectivity index (χ0v) is 14.2. The minimum atomic E-state index is -1.09. The largest absolute Gasteiger partial charge is 0.480 e. The Hall–Kier alpha value is -2.37. The molecule has 6 nitrogen and oxygen atoms in total. The van der Waals surface area contributed by atoms with Crippen molar-refractivity contribution in [3.63, 3.8) is 0 Å². The molecule has 0 aliphatic carbocycles. The van der Waals surface area contributed by atoms with Gasteiger partial charge in [0, 0.05) is 12.6 Å². The number of nitrogens with zero attached hydrogens (tertiary/aromatic N) is 1. The van der Waals surface area contributed by atoms with Gasteiger partial charge in [0.25, 0.3) is 5.91 Å². The van der Waals surface area contributed by atoms with Crippen LogP contribution in [0, 0.1) is 12.8 Å². The van der Waals surface area contributed by atoms with Gasteiger partial charge in [0.15, 0.2) is 0 Å². The molecule has 0 aliphatic heterocycles. The average molecular weight is 320 g/mol. The van der Waals surface area contributed by atoms with Crippen LogP contribution in [0.5, 0.6) is 0 Å². The molecule has 0 spiro atoms. The van der Waals surface area contributed by atoms with Crippen LogP contribution in [0.25, 0.3) is 0 Å². The molecule has 126 valence electrons. The second kappa shape index (κ2) is 7.76. The molecular weight excluding hydrogens is 296 g/mol. The first-order valence-electron chi connectivity index (χ1n) is 7.52. The first kappa shape index (κ1) is 18.7. The van der Waals surface area contributed by atoms with Crippen molar-refractivity contribution in [2.45, 2.75) is 39.8 Å². The van der Waals surface area contributed by atoms with Gasteiger partial charge in [-0.05, 0) is 31.4 Å². The maximum atomic E-state index is 12.5. The predicted molar refractivity (Wildman–Crippen MR) is 87.1 cm³/mol. The number of aryl methyl sites for hydroxylation is 1. The van der Waals surface area contributed by atoms with Gasteiger partial charge in [-0.1, -0.05) is 32.0 Å². The van der Waals surface area contributed by atoms with E-state index in [1.807, 2.05) is 19.1 Å². The smallest absolute Gasteiger partial charge is 0.326 e. The van der Waals surface area contributed by atoms with E-state index in [1.54, 1.807) is 26.0 Å². The number of amides is 2. The van der Waals surface area contributed by atoms with Crippen LogP contribution in [-0.2, 0) is 9.59 Å². The highest BCUT2D eigenvalue weighted by molar-refractivity contribution is 5.99. The Kier molecular flexibility index (Phi) is 6.30. The molecule has 1 aromatic rings. The van der Waals surface area contributed by atoms with Crippen LogP contribution in [0.4, 0.5) is 0 Å². The van der Waals surface area contributed by atoms with Crippen molar-refractivity contribution in [1.29, 1.82) is 0 Å². The number of carbonyl (C=O) groups excluding carboxylic acids is 2. The fourth-order valence-electron chi connectivity index (χ4n) is 2.14. The third kappa shape index (κ3) is 4.55. The second-order valence-corrected chi connectivity index (χ2v) is 5.97. The summed E-state index contributed by atoms with van der Waals surface area (Å²) in [6.07, 6.45) is 0. The molecule has 0 radical (unpaired) electrons. The number of aliphatic carboxylic acids is 1. The van der Waals surface area contributed by atoms with Gasteiger partial charge in [-0.15, -0.1) is 0 Å². The number of carboxylic acids is 1. The number of hydrogen-bond donors (Lipinski definition) is 2. The Morgan fingerprint density at radius 3 is 2.17 bits per heavy atom. The zero-order valence-electron chi connectivity index (χ0n) is 14.2. The fourth-order valence-corrected chi connectivity index (χ4v) is 2.14. The summed E-state index contributed by atoms with van der Waals surface area (Å²) >= 11 is 0. The summed E-state index contributed by atoms with van der Waals surface area (Å²) in [4.78, 5) is 37.1. The predicted octanol–water partition coefficient (Wildman–Crippen LogP) is 1.68. The molecule has 2 amide bonds. The molecule has 23 heavy (non-hydrogen) atoms. The van der Waals surface area contributed by atoms with E-state index in [4.69, 9.17) is 5.11 Å². The van der Waals surface area contributed by atoms with Crippen LogP contribution in [0.2, 0.25) is 0 Å². The third-order valence-electron chi connectivity index (χ3n) is 3.89. The van der Waals surface area contributed by atoms with Crippen LogP contribution in [0.3, 0.4) is 0 Å². The monoisotopic (exact) mass is 320 g/mol. The Morgan fingerprint density at radius 1 is 1.13 bits per heavy atom. The van der Waals surface area contributed by atoms with Gasteiger partial charge in [-0.3, -0.25) is 9.59 Å². The number of likely N-dealkylation sites (N-methyl/N-ethyl adjacent to an activating group) is 1. The van der Waals surface area contributed by atoms with Crippen molar-refractivity contribution in [3.05, 3.63) is 35.4 Å². The number of benzene rings is 1. The lowest BCUT2D eigenvalue weighted by Crippen LogP contribution is -2.53. The van der Waals surface area contributed by atoms with Crippen molar-refractivity contribution in [2.24, 2.45) is 5.92 Å². The molecule has 2 unspecified atom stereocenters. The van der Waals surface area contributed by atoms with E-state index >= 15 is 0 Å². The molecule has 0 aromatic heterocycles. The normalized spacial score (nSPS) is 13.3. The number of carboxylic acid groups (broad SMARTS) is 1. The van der Waals surface area contributed by atoms with Crippen molar-refractivity contribution < 1.29 is 19.5 Å². The van der Waals surface area contributed by atoms with Crippen molar-refractivity contribution in [2.75, 3.05) is 7.05 Å². The number of rotatable bonds is 6. The third-order valence-corrected chi connectivity index (χ3v) is 3.89. The van der Waals surface area contributed by atoms with Crippen LogP contribution >= 0.6 is 0 Å². The lowest BCUT2D eigenvalue weighted by Gasteiger charge is -2.29. The minimum Gasteiger partial charge on any atom is -0.480 e. The van der Waals surface area contributed by atoms with Crippen LogP contribution in [-0.4, -0.2) is 46.9 Å². The first-order valence-corrected chi connectivity index (χ1v) is 7.52. The van der Waals surface area contributed by atoms with Crippen LogP contribution < -0.4 is 5.32 Å². The molecule has 0 fully saturated rings. The molecule has 1 rings (SSSR count).